The van der Waals surface area contributed by atoms with Gasteiger partial charge in [-0.1, -0.05) is 12.1 Å². The molecule has 1 N–H and O–H groups in total. The average molecular weight is 426 g/mol. The molecule has 1 fully saturated rings. The van der Waals surface area contributed by atoms with Gasteiger partial charge in [-0.05, 0) is 43.3 Å². The normalized spacial score (nSPS) is 15.3. The minimum atomic E-state index is -3.60. The number of carbonyl (C=O) groups excluding carboxylic acids is 1. The van der Waals surface area contributed by atoms with Crippen LogP contribution in [0.15, 0.2) is 53.4 Å². The molecule has 8 nitrogen and oxygen atoms in total. The number of carbonyl (C=O) groups is 1. The van der Waals surface area contributed by atoms with Crippen molar-refractivity contribution in [1.82, 2.24) is 14.3 Å². The van der Waals surface area contributed by atoms with Crippen LogP contribution in [0.3, 0.4) is 0 Å². The van der Waals surface area contributed by atoms with Crippen LogP contribution in [-0.2, 0) is 14.8 Å². The summed E-state index contributed by atoms with van der Waals surface area (Å²) in [5.74, 6) is 0.597. The first-order valence-electron chi connectivity index (χ1n) is 9.71. The molecule has 2 aromatic carbocycles. The highest BCUT2D eigenvalue weighted by atomic mass is 32.2. The Morgan fingerprint density at radius 1 is 0.933 bits per heavy atom. The van der Waals surface area contributed by atoms with Crippen molar-refractivity contribution in [2.45, 2.75) is 18.7 Å². The third kappa shape index (κ3) is 3.99. The van der Waals surface area contributed by atoms with Gasteiger partial charge in [0, 0.05) is 38.8 Å². The van der Waals surface area contributed by atoms with Gasteiger partial charge < -0.3 is 10.2 Å². The van der Waals surface area contributed by atoms with Crippen molar-refractivity contribution in [3.8, 4) is 0 Å². The largest absolute Gasteiger partial charge is 0.352 e. The van der Waals surface area contributed by atoms with E-state index in [1.54, 1.807) is 12.1 Å². The van der Waals surface area contributed by atoms with Crippen molar-refractivity contribution in [2.75, 3.05) is 36.4 Å². The van der Waals surface area contributed by atoms with Crippen LogP contribution in [0.1, 0.15) is 12.6 Å². The number of rotatable bonds is 4. The van der Waals surface area contributed by atoms with E-state index in [0.29, 0.717) is 31.9 Å². The summed E-state index contributed by atoms with van der Waals surface area (Å²) >= 11 is 0. The van der Waals surface area contributed by atoms with Gasteiger partial charge in [-0.15, -0.1) is 0 Å². The van der Waals surface area contributed by atoms with Crippen LogP contribution in [0.2, 0.25) is 0 Å². The molecular formula is C21H23N5O3S. The molecule has 1 aromatic heterocycles. The molecule has 2 heterocycles. The lowest BCUT2D eigenvalue weighted by atomic mass is 10.2. The number of amides is 1. The standard InChI is InChI=1S/C21H23N5O3S/c1-15-21(24-20-6-4-3-5-19(20)22-15)25-11-13-26(14-12-25)30(28,29)18-9-7-17(8-10-18)23-16(2)27/h3-10H,11-14H2,1-2H3,(H,23,27). The summed E-state index contributed by atoms with van der Waals surface area (Å²) in [6.45, 7) is 5.14. The minimum absolute atomic E-state index is 0.200. The number of hydrogen-bond donors (Lipinski definition) is 1. The van der Waals surface area contributed by atoms with Crippen molar-refractivity contribution in [1.29, 1.82) is 0 Å². The zero-order valence-electron chi connectivity index (χ0n) is 16.9. The number of piperazine rings is 1. The van der Waals surface area contributed by atoms with Gasteiger partial charge in [-0.2, -0.15) is 4.31 Å². The lowest BCUT2D eigenvalue weighted by molar-refractivity contribution is -0.114. The van der Waals surface area contributed by atoms with Gasteiger partial charge in [-0.25, -0.2) is 18.4 Å². The second kappa shape index (κ2) is 8.00. The molecule has 0 saturated carbocycles. The zero-order chi connectivity index (χ0) is 21.3. The highest BCUT2D eigenvalue weighted by molar-refractivity contribution is 7.89. The van der Waals surface area contributed by atoms with Crippen molar-refractivity contribution in [2.24, 2.45) is 0 Å². The molecule has 4 rings (SSSR count). The summed E-state index contributed by atoms with van der Waals surface area (Å²) in [6.07, 6.45) is 0. The molecule has 0 spiro atoms. The highest BCUT2D eigenvalue weighted by Gasteiger charge is 2.29. The van der Waals surface area contributed by atoms with Crippen LogP contribution in [-0.4, -0.2) is 54.8 Å². The second-order valence-electron chi connectivity index (χ2n) is 7.22. The molecule has 0 unspecified atom stereocenters. The smallest absolute Gasteiger partial charge is 0.243 e. The number of nitrogens with one attached hydrogen (secondary N) is 1. The molecule has 0 aliphatic carbocycles. The summed E-state index contributed by atoms with van der Waals surface area (Å²) in [6, 6.07) is 14.0. The molecule has 156 valence electrons. The first-order chi connectivity index (χ1) is 14.3. The predicted molar refractivity (Wildman–Crippen MR) is 116 cm³/mol. The number of benzene rings is 2. The maximum Gasteiger partial charge on any atom is 0.243 e. The maximum absolute atomic E-state index is 13.0. The Morgan fingerprint density at radius 2 is 1.53 bits per heavy atom. The second-order valence-corrected chi connectivity index (χ2v) is 9.16. The first kappa shape index (κ1) is 20.2. The Morgan fingerprint density at radius 3 is 2.13 bits per heavy atom. The molecule has 0 atom stereocenters. The number of para-hydroxylation sites is 2. The van der Waals surface area contributed by atoms with Crippen molar-refractivity contribution in [3.63, 3.8) is 0 Å². The monoisotopic (exact) mass is 425 g/mol. The topological polar surface area (TPSA) is 95.5 Å². The SMILES string of the molecule is CC(=O)Nc1ccc(S(=O)(=O)N2CCN(c3nc4ccccc4nc3C)CC2)cc1. The Balaban J connectivity index is 1.49. The van der Waals surface area contributed by atoms with Crippen LogP contribution in [0.25, 0.3) is 11.0 Å². The number of fused-ring (bicyclic) bond motifs is 1. The van der Waals surface area contributed by atoms with E-state index in [1.807, 2.05) is 31.2 Å². The first-order valence-corrected chi connectivity index (χ1v) is 11.1. The van der Waals surface area contributed by atoms with Crippen LogP contribution in [0, 0.1) is 6.92 Å². The molecule has 0 bridgehead atoms. The summed E-state index contributed by atoms with van der Waals surface area (Å²) in [5.41, 5.74) is 3.07. The molecule has 1 aliphatic rings. The minimum Gasteiger partial charge on any atom is -0.352 e. The molecule has 9 heteroatoms. The van der Waals surface area contributed by atoms with Crippen molar-refractivity contribution < 1.29 is 13.2 Å². The fraction of sp³-hybridized carbons (Fsp3) is 0.286. The van der Waals surface area contributed by atoms with Gasteiger partial charge in [0.15, 0.2) is 5.82 Å². The quantitative estimate of drug-likeness (QED) is 0.690. The van der Waals surface area contributed by atoms with Crippen molar-refractivity contribution >= 4 is 38.5 Å². The highest BCUT2D eigenvalue weighted by Crippen LogP contribution is 2.24. The van der Waals surface area contributed by atoms with E-state index in [9.17, 15) is 13.2 Å². The maximum atomic E-state index is 13.0. The predicted octanol–water partition coefficient (Wildman–Crippen LogP) is 2.41. The zero-order valence-corrected chi connectivity index (χ0v) is 17.7. The van der Waals surface area contributed by atoms with Gasteiger partial charge >= 0.3 is 0 Å². The number of aromatic nitrogens is 2. The van der Waals surface area contributed by atoms with E-state index in [1.165, 1.54) is 23.4 Å². The summed E-state index contributed by atoms with van der Waals surface area (Å²) in [4.78, 5) is 22.8. The molecular weight excluding hydrogens is 402 g/mol. The number of nitrogens with zero attached hydrogens (tertiary/aromatic N) is 4. The Bertz CT molecular complexity index is 1190. The van der Waals surface area contributed by atoms with Crippen LogP contribution < -0.4 is 10.2 Å². The summed E-state index contributed by atoms with van der Waals surface area (Å²) in [7, 11) is -3.60. The molecule has 30 heavy (non-hydrogen) atoms. The molecule has 1 amide bonds. The van der Waals surface area contributed by atoms with Crippen LogP contribution >= 0.6 is 0 Å². The molecule has 1 aliphatic heterocycles. The van der Waals surface area contributed by atoms with Gasteiger partial charge in [0.1, 0.15) is 0 Å². The van der Waals surface area contributed by atoms with E-state index in [-0.39, 0.29) is 10.8 Å². The Kier molecular flexibility index (Phi) is 5.40. The van der Waals surface area contributed by atoms with E-state index < -0.39 is 10.0 Å². The van der Waals surface area contributed by atoms with Crippen LogP contribution in [0.4, 0.5) is 11.5 Å². The fourth-order valence-corrected chi connectivity index (χ4v) is 5.00. The van der Waals surface area contributed by atoms with Gasteiger partial charge in [0.25, 0.3) is 0 Å². The lowest BCUT2D eigenvalue weighted by Crippen LogP contribution is -2.49. The molecule has 1 saturated heterocycles. The summed E-state index contributed by atoms with van der Waals surface area (Å²) < 4.78 is 27.5. The van der Waals surface area contributed by atoms with Crippen molar-refractivity contribution in [3.05, 3.63) is 54.2 Å². The van der Waals surface area contributed by atoms with Gasteiger partial charge in [-0.3, -0.25) is 4.79 Å². The van der Waals surface area contributed by atoms with E-state index in [0.717, 1.165) is 22.5 Å². The van der Waals surface area contributed by atoms with Crippen LogP contribution in [0.5, 0.6) is 0 Å². The number of hydrogen-bond acceptors (Lipinski definition) is 6. The van der Waals surface area contributed by atoms with E-state index in [2.05, 4.69) is 15.2 Å². The molecule has 3 aromatic rings. The van der Waals surface area contributed by atoms with Gasteiger partial charge in [0.2, 0.25) is 15.9 Å². The third-order valence-electron chi connectivity index (χ3n) is 5.07. The Labute approximate surface area is 175 Å². The van der Waals surface area contributed by atoms with E-state index in [4.69, 9.17) is 4.98 Å². The average Bonchev–Trinajstić information content (AvgIpc) is 2.73. The number of aryl methyl sites for hydroxylation is 1. The molecule has 0 radical (unpaired) electrons. The van der Waals surface area contributed by atoms with Gasteiger partial charge in [0.05, 0.1) is 21.6 Å². The number of sulfonamides is 1. The van der Waals surface area contributed by atoms with E-state index >= 15 is 0 Å². The summed E-state index contributed by atoms with van der Waals surface area (Å²) in [5, 5.41) is 2.64. The lowest BCUT2D eigenvalue weighted by Gasteiger charge is -2.35. The Hall–Kier alpha value is -3.04. The number of anilines is 2. The third-order valence-corrected chi connectivity index (χ3v) is 6.98. The fourth-order valence-electron chi connectivity index (χ4n) is 3.58.